The van der Waals surface area contributed by atoms with Gasteiger partial charge in [0.1, 0.15) is 6.04 Å². The van der Waals surface area contributed by atoms with Crippen LogP contribution in [-0.2, 0) is 19.1 Å². The number of carbonyl (C=O) groups excluding carboxylic acids is 3. The summed E-state index contributed by atoms with van der Waals surface area (Å²) in [5.74, 6) is -3.24. The average molecular weight is 350 g/mol. The summed E-state index contributed by atoms with van der Waals surface area (Å²) < 4.78 is 4.84. The summed E-state index contributed by atoms with van der Waals surface area (Å²) in [6.45, 7) is 4.77. The minimum atomic E-state index is -1.24. The molecule has 1 aromatic carbocycles. The SMILES string of the molecule is CCOC(=O)[C@@H](C)C[C@H](NC(=O)c1ccc(NC(C)=O)cc1)C(=O)O. The van der Waals surface area contributed by atoms with Gasteiger partial charge in [0, 0.05) is 18.2 Å². The van der Waals surface area contributed by atoms with Gasteiger partial charge in [-0.1, -0.05) is 6.92 Å². The summed E-state index contributed by atoms with van der Waals surface area (Å²) in [5, 5.41) is 14.2. The zero-order chi connectivity index (χ0) is 19.0. The van der Waals surface area contributed by atoms with Gasteiger partial charge >= 0.3 is 11.9 Å². The van der Waals surface area contributed by atoms with Crippen molar-refractivity contribution in [2.45, 2.75) is 33.2 Å². The number of carbonyl (C=O) groups is 4. The van der Waals surface area contributed by atoms with Crippen LogP contribution in [0.5, 0.6) is 0 Å². The van der Waals surface area contributed by atoms with E-state index in [2.05, 4.69) is 10.6 Å². The molecule has 0 saturated heterocycles. The van der Waals surface area contributed by atoms with E-state index >= 15 is 0 Å². The van der Waals surface area contributed by atoms with E-state index in [0.29, 0.717) is 5.69 Å². The van der Waals surface area contributed by atoms with E-state index in [-0.39, 0.29) is 24.5 Å². The van der Waals surface area contributed by atoms with Crippen LogP contribution in [-0.4, -0.2) is 41.5 Å². The van der Waals surface area contributed by atoms with Gasteiger partial charge in [-0.3, -0.25) is 14.4 Å². The Bertz CT molecular complexity index is 641. The number of carboxylic acid groups (broad SMARTS) is 1. The Hall–Kier alpha value is -2.90. The predicted octanol–water partition coefficient (Wildman–Crippen LogP) is 1.42. The number of hydrogen-bond acceptors (Lipinski definition) is 5. The highest BCUT2D eigenvalue weighted by molar-refractivity contribution is 5.97. The molecule has 0 saturated carbocycles. The largest absolute Gasteiger partial charge is 0.480 e. The molecule has 2 amide bonds. The number of ether oxygens (including phenoxy) is 1. The summed E-state index contributed by atoms with van der Waals surface area (Å²) in [4.78, 5) is 46.1. The van der Waals surface area contributed by atoms with Gasteiger partial charge in [-0.25, -0.2) is 4.79 Å². The summed E-state index contributed by atoms with van der Waals surface area (Å²) >= 11 is 0. The van der Waals surface area contributed by atoms with Gasteiger partial charge in [0.15, 0.2) is 0 Å². The summed E-state index contributed by atoms with van der Waals surface area (Å²) in [5.41, 5.74) is 0.763. The first-order valence-electron chi connectivity index (χ1n) is 7.82. The molecule has 136 valence electrons. The van der Waals surface area contributed by atoms with Crippen LogP contribution in [0.2, 0.25) is 0 Å². The zero-order valence-corrected chi connectivity index (χ0v) is 14.4. The fraction of sp³-hybridized carbons (Fsp3) is 0.412. The summed E-state index contributed by atoms with van der Waals surface area (Å²) in [7, 11) is 0. The molecule has 25 heavy (non-hydrogen) atoms. The quantitative estimate of drug-likeness (QED) is 0.610. The molecule has 8 nitrogen and oxygen atoms in total. The molecular weight excluding hydrogens is 328 g/mol. The molecule has 0 fully saturated rings. The summed E-state index contributed by atoms with van der Waals surface area (Å²) in [6.07, 6.45) is -0.0795. The van der Waals surface area contributed by atoms with Gasteiger partial charge in [0.05, 0.1) is 12.5 Å². The molecule has 0 heterocycles. The second-order valence-electron chi connectivity index (χ2n) is 5.51. The molecule has 0 aliphatic rings. The van der Waals surface area contributed by atoms with E-state index in [1.54, 1.807) is 13.8 Å². The number of aliphatic carboxylic acids is 1. The van der Waals surface area contributed by atoms with Crippen LogP contribution >= 0.6 is 0 Å². The van der Waals surface area contributed by atoms with E-state index in [1.165, 1.54) is 31.2 Å². The van der Waals surface area contributed by atoms with E-state index in [0.717, 1.165) is 0 Å². The third-order valence-corrected chi connectivity index (χ3v) is 3.35. The Morgan fingerprint density at radius 3 is 2.24 bits per heavy atom. The lowest BCUT2D eigenvalue weighted by atomic mass is 10.0. The van der Waals surface area contributed by atoms with Gasteiger partial charge in [0.2, 0.25) is 5.91 Å². The van der Waals surface area contributed by atoms with Gasteiger partial charge < -0.3 is 20.5 Å². The van der Waals surface area contributed by atoms with Crippen LogP contribution in [0.25, 0.3) is 0 Å². The minimum absolute atomic E-state index is 0.0795. The predicted molar refractivity (Wildman–Crippen MR) is 90.0 cm³/mol. The van der Waals surface area contributed by atoms with E-state index in [4.69, 9.17) is 4.74 Å². The smallest absolute Gasteiger partial charge is 0.326 e. The molecular formula is C17H22N2O6. The standard InChI is InChI=1S/C17H22N2O6/c1-4-25-17(24)10(2)9-14(16(22)23)19-15(21)12-5-7-13(8-6-12)18-11(3)20/h5-8,10,14H,4,9H2,1-3H3,(H,18,20)(H,19,21)(H,22,23)/t10-,14-/m0/s1. The van der Waals surface area contributed by atoms with Gasteiger partial charge in [0.25, 0.3) is 5.91 Å². The molecule has 0 aliphatic heterocycles. The normalized spacial score (nSPS) is 12.6. The molecule has 2 atom stereocenters. The lowest BCUT2D eigenvalue weighted by Gasteiger charge is -2.18. The average Bonchev–Trinajstić information content (AvgIpc) is 2.54. The Labute approximate surface area is 145 Å². The number of nitrogens with one attached hydrogen (secondary N) is 2. The molecule has 1 rings (SSSR count). The summed E-state index contributed by atoms with van der Waals surface area (Å²) in [6, 6.07) is 4.78. The van der Waals surface area contributed by atoms with Crippen LogP contribution in [0.15, 0.2) is 24.3 Å². The molecule has 0 radical (unpaired) electrons. The molecule has 1 aromatic rings. The Morgan fingerprint density at radius 2 is 1.76 bits per heavy atom. The monoisotopic (exact) mass is 350 g/mol. The van der Waals surface area contributed by atoms with E-state index in [9.17, 15) is 24.3 Å². The maximum atomic E-state index is 12.2. The van der Waals surface area contributed by atoms with Crippen molar-refractivity contribution in [2.75, 3.05) is 11.9 Å². The molecule has 0 aromatic heterocycles. The van der Waals surface area contributed by atoms with Crippen LogP contribution < -0.4 is 10.6 Å². The third kappa shape index (κ3) is 6.62. The Morgan fingerprint density at radius 1 is 1.16 bits per heavy atom. The first-order valence-corrected chi connectivity index (χ1v) is 7.82. The highest BCUT2D eigenvalue weighted by Gasteiger charge is 2.26. The molecule has 0 spiro atoms. The Balaban J connectivity index is 2.74. The van der Waals surface area contributed by atoms with Crippen molar-refractivity contribution in [3.63, 3.8) is 0 Å². The van der Waals surface area contributed by atoms with E-state index < -0.39 is 29.8 Å². The van der Waals surface area contributed by atoms with Crippen LogP contribution in [0.3, 0.4) is 0 Å². The second-order valence-corrected chi connectivity index (χ2v) is 5.51. The number of carboxylic acids is 1. The molecule has 0 bridgehead atoms. The number of anilines is 1. The fourth-order valence-electron chi connectivity index (χ4n) is 2.11. The van der Waals surface area contributed by atoms with Crippen LogP contribution in [0, 0.1) is 5.92 Å². The highest BCUT2D eigenvalue weighted by atomic mass is 16.5. The van der Waals surface area contributed by atoms with Crippen LogP contribution in [0.1, 0.15) is 37.6 Å². The minimum Gasteiger partial charge on any atom is -0.480 e. The maximum absolute atomic E-state index is 12.2. The maximum Gasteiger partial charge on any atom is 0.326 e. The van der Waals surface area contributed by atoms with Gasteiger partial charge in [-0.05, 0) is 37.6 Å². The van der Waals surface area contributed by atoms with Crippen LogP contribution in [0.4, 0.5) is 5.69 Å². The van der Waals surface area contributed by atoms with Crippen molar-refractivity contribution in [1.29, 1.82) is 0 Å². The zero-order valence-electron chi connectivity index (χ0n) is 14.4. The number of hydrogen-bond donors (Lipinski definition) is 3. The number of esters is 1. The van der Waals surface area contributed by atoms with Gasteiger partial charge in [-0.2, -0.15) is 0 Å². The Kier molecular flexibility index (Phi) is 7.58. The van der Waals surface area contributed by atoms with Crippen molar-refractivity contribution < 1.29 is 29.0 Å². The first-order chi connectivity index (χ1) is 11.7. The molecule has 0 aliphatic carbocycles. The molecule has 0 unspecified atom stereocenters. The second kappa shape index (κ2) is 9.41. The number of rotatable bonds is 8. The first kappa shape index (κ1) is 20.1. The van der Waals surface area contributed by atoms with Crippen molar-refractivity contribution in [2.24, 2.45) is 5.92 Å². The number of amides is 2. The van der Waals surface area contributed by atoms with Crippen molar-refractivity contribution in [3.05, 3.63) is 29.8 Å². The fourth-order valence-corrected chi connectivity index (χ4v) is 2.11. The molecule has 3 N–H and O–H groups in total. The topological polar surface area (TPSA) is 122 Å². The highest BCUT2D eigenvalue weighted by Crippen LogP contribution is 2.12. The van der Waals surface area contributed by atoms with Gasteiger partial charge in [-0.15, -0.1) is 0 Å². The van der Waals surface area contributed by atoms with Crippen molar-refractivity contribution in [1.82, 2.24) is 5.32 Å². The number of benzene rings is 1. The van der Waals surface area contributed by atoms with Crippen molar-refractivity contribution in [3.8, 4) is 0 Å². The third-order valence-electron chi connectivity index (χ3n) is 3.35. The lowest BCUT2D eigenvalue weighted by Crippen LogP contribution is -2.42. The van der Waals surface area contributed by atoms with E-state index in [1.807, 2.05) is 0 Å². The molecule has 8 heteroatoms. The van der Waals surface area contributed by atoms with Crippen molar-refractivity contribution >= 4 is 29.4 Å². The lowest BCUT2D eigenvalue weighted by molar-refractivity contribution is -0.148.